The molecule has 2 aromatic rings. The summed E-state index contributed by atoms with van der Waals surface area (Å²) in [6.07, 6.45) is 1.65. The number of carbonyl (C=O) groups is 1. The van der Waals surface area contributed by atoms with E-state index in [9.17, 15) is 4.79 Å². The molecule has 1 aromatic carbocycles. The summed E-state index contributed by atoms with van der Waals surface area (Å²) in [4.78, 5) is 21.1. The first-order valence-corrected chi connectivity index (χ1v) is 8.06. The third-order valence-corrected chi connectivity index (χ3v) is 4.39. The minimum Gasteiger partial charge on any atom is -0.353 e. The summed E-state index contributed by atoms with van der Waals surface area (Å²) in [5.41, 5.74) is 3.50. The predicted molar refractivity (Wildman–Crippen MR) is 93.0 cm³/mol. The Morgan fingerprint density at radius 2 is 1.88 bits per heavy atom. The third kappa shape index (κ3) is 3.23. The summed E-state index contributed by atoms with van der Waals surface area (Å²) in [5, 5.41) is 9.00. The molecule has 1 aliphatic rings. The van der Waals surface area contributed by atoms with Gasteiger partial charge in [-0.2, -0.15) is 5.26 Å². The molecule has 0 N–H and O–H groups in total. The van der Waals surface area contributed by atoms with Gasteiger partial charge < -0.3 is 9.80 Å². The van der Waals surface area contributed by atoms with Crippen LogP contribution in [0.1, 0.15) is 27.0 Å². The average molecular weight is 320 g/mol. The number of pyridine rings is 1. The first-order chi connectivity index (χ1) is 11.6. The van der Waals surface area contributed by atoms with E-state index in [1.165, 1.54) is 0 Å². The van der Waals surface area contributed by atoms with Crippen molar-refractivity contribution in [1.82, 2.24) is 9.88 Å². The minimum atomic E-state index is 0.0922. The number of nitriles is 1. The topological polar surface area (TPSA) is 60.2 Å². The molecule has 0 unspecified atom stereocenters. The van der Waals surface area contributed by atoms with Crippen molar-refractivity contribution in [2.75, 3.05) is 31.1 Å². The van der Waals surface area contributed by atoms with Gasteiger partial charge in [0.05, 0.1) is 11.6 Å². The smallest absolute Gasteiger partial charge is 0.254 e. The number of piperazine rings is 1. The van der Waals surface area contributed by atoms with Crippen LogP contribution in [0.15, 0.2) is 36.5 Å². The number of hydrogen-bond acceptors (Lipinski definition) is 4. The Morgan fingerprint density at radius 1 is 1.12 bits per heavy atom. The number of rotatable bonds is 2. The van der Waals surface area contributed by atoms with Crippen molar-refractivity contribution in [3.05, 3.63) is 58.8 Å². The number of aromatic nitrogens is 1. The molecule has 3 rings (SSSR count). The fourth-order valence-electron chi connectivity index (χ4n) is 2.94. The molecule has 1 aliphatic heterocycles. The maximum Gasteiger partial charge on any atom is 0.254 e. The molecule has 1 amide bonds. The van der Waals surface area contributed by atoms with Gasteiger partial charge in [-0.15, -0.1) is 0 Å². The minimum absolute atomic E-state index is 0.0922. The summed E-state index contributed by atoms with van der Waals surface area (Å²) in [6, 6.07) is 11.6. The molecule has 0 bridgehead atoms. The summed E-state index contributed by atoms with van der Waals surface area (Å²) >= 11 is 0. The predicted octanol–water partition coefficient (Wildman–Crippen LogP) is 2.53. The van der Waals surface area contributed by atoms with Crippen LogP contribution < -0.4 is 4.90 Å². The normalized spacial score (nSPS) is 14.4. The highest BCUT2D eigenvalue weighted by Crippen LogP contribution is 2.18. The molecule has 5 heteroatoms. The van der Waals surface area contributed by atoms with E-state index >= 15 is 0 Å². The van der Waals surface area contributed by atoms with E-state index in [-0.39, 0.29) is 5.91 Å². The average Bonchev–Trinajstić information content (AvgIpc) is 2.63. The highest BCUT2D eigenvalue weighted by Gasteiger charge is 2.23. The van der Waals surface area contributed by atoms with E-state index < -0.39 is 0 Å². The summed E-state index contributed by atoms with van der Waals surface area (Å²) in [6.45, 7) is 6.73. The van der Waals surface area contributed by atoms with Gasteiger partial charge in [0.15, 0.2) is 0 Å². The molecular weight excluding hydrogens is 300 g/mol. The molecule has 0 spiro atoms. The van der Waals surface area contributed by atoms with Crippen LogP contribution in [-0.2, 0) is 0 Å². The Hall–Kier alpha value is -2.87. The van der Waals surface area contributed by atoms with E-state index in [0.29, 0.717) is 18.7 Å². The highest BCUT2D eigenvalue weighted by atomic mass is 16.2. The molecular formula is C19H20N4O. The maximum absolute atomic E-state index is 12.8. The zero-order chi connectivity index (χ0) is 17.1. The van der Waals surface area contributed by atoms with Crippen LogP contribution in [0.5, 0.6) is 0 Å². The van der Waals surface area contributed by atoms with Gasteiger partial charge in [0.2, 0.25) is 0 Å². The number of nitrogens with zero attached hydrogens (tertiary/aromatic N) is 4. The van der Waals surface area contributed by atoms with Gasteiger partial charge in [0, 0.05) is 37.9 Å². The second-order valence-corrected chi connectivity index (χ2v) is 6.11. The summed E-state index contributed by atoms with van der Waals surface area (Å²) < 4.78 is 0. The molecule has 0 atom stereocenters. The molecule has 0 aliphatic carbocycles. The molecule has 2 heterocycles. The van der Waals surface area contributed by atoms with Crippen molar-refractivity contribution in [3.8, 4) is 6.07 Å². The Morgan fingerprint density at radius 3 is 2.58 bits per heavy atom. The molecule has 122 valence electrons. The number of hydrogen-bond donors (Lipinski definition) is 0. The lowest BCUT2D eigenvalue weighted by Gasteiger charge is -2.35. The van der Waals surface area contributed by atoms with Gasteiger partial charge in [0.25, 0.3) is 5.91 Å². The first-order valence-electron chi connectivity index (χ1n) is 8.06. The van der Waals surface area contributed by atoms with Crippen LogP contribution in [0.2, 0.25) is 0 Å². The lowest BCUT2D eigenvalue weighted by molar-refractivity contribution is 0.0745. The number of benzene rings is 1. The Balaban J connectivity index is 1.69. The molecule has 5 nitrogen and oxygen atoms in total. The van der Waals surface area contributed by atoms with Crippen molar-refractivity contribution in [2.45, 2.75) is 13.8 Å². The van der Waals surface area contributed by atoms with Crippen molar-refractivity contribution >= 4 is 11.7 Å². The number of carbonyl (C=O) groups excluding carboxylic acids is 1. The third-order valence-electron chi connectivity index (χ3n) is 4.39. The van der Waals surface area contributed by atoms with E-state index in [0.717, 1.165) is 35.6 Å². The van der Waals surface area contributed by atoms with Crippen LogP contribution in [0.3, 0.4) is 0 Å². The van der Waals surface area contributed by atoms with E-state index in [4.69, 9.17) is 5.26 Å². The molecule has 1 saturated heterocycles. The molecule has 1 aromatic heterocycles. The van der Waals surface area contributed by atoms with Crippen LogP contribution >= 0.6 is 0 Å². The van der Waals surface area contributed by atoms with Crippen LogP contribution in [0, 0.1) is 25.2 Å². The summed E-state index contributed by atoms with van der Waals surface area (Å²) in [5.74, 6) is 0.891. The Kier molecular flexibility index (Phi) is 4.48. The van der Waals surface area contributed by atoms with Gasteiger partial charge in [-0.1, -0.05) is 17.7 Å². The van der Waals surface area contributed by atoms with Gasteiger partial charge in [0.1, 0.15) is 5.82 Å². The van der Waals surface area contributed by atoms with Gasteiger partial charge in [-0.05, 0) is 37.6 Å². The molecule has 24 heavy (non-hydrogen) atoms. The second-order valence-electron chi connectivity index (χ2n) is 6.11. The fraction of sp³-hybridized carbons (Fsp3) is 0.316. The quantitative estimate of drug-likeness (QED) is 0.853. The van der Waals surface area contributed by atoms with Crippen LogP contribution in [0.25, 0.3) is 0 Å². The zero-order valence-electron chi connectivity index (χ0n) is 14.0. The van der Waals surface area contributed by atoms with Gasteiger partial charge >= 0.3 is 0 Å². The summed E-state index contributed by atoms with van der Waals surface area (Å²) in [7, 11) is 0. The lowest BCUT2D eigenvalue weighted by atomic mass is 10.0. The largest absolute Gasteiger partial charge is 0.353 e. The van der Waals surface area contributed by atoms with Gasteiger partial charge in [-0.25, -0.2) is 4.98 Å². The Labute approximate surface area is 142 Å². The highest BCUT2D eigenvalue weighted by molar-refractivity contribution is 5.96. The van der Waals surface area contributed by atoms with Crippen molar-refractivity contribution in [2.24, 2.45) is 0 Å². The second kappa shape index (κ2) is 6.71. The van der Waals surface area contributed by atoms with Crippen molar-refractivity contribution in [1.29, 1.82) is 5.26 Å². The SMILES string of the molecule is Cc1ccc(C)c(C(=O)N2CCN(c3cc(C#N)ccn3)CC2)c1. The lowest BCUT2D eigenvalue weighted by Crippen LogP contribution is -2.49. The molecule has 0 saturated carbocycles. The van der Waals surface area contributed by atoms with E-state index in [1.54, 1.807) is 18.3 Å². The number of anilines is 1. The van der Waals surface area contributed by atoms with Crippen molar-refractivity contribution in [3.63, 3.8) is 0 Å². The number of amides is 1. The first kappa shape index (κ1) is 16.0. The van der Waals surface area contributed by atoms with E-state index in [1.807, 2.05) is 36.9 Å². The van der Waals surface area contributed by atoms with E-state index in [2.05, 4.69) is 16.0 Å². The number of aryl methyl sites for hydroxylation is 2. The molecule has 0 radical (unpaired) electrons. The Bertz CT molecular complexity index is 801. The van der Waals surface area contributed by atoms with Gasteiger partial charge in [-0.3, -0.25) is 4.79 Å². The maximum atomic E-state index is 12.8. The zero-order valence-corrected chi connectivity index (χ0v) is 14.0. The van der Waals surface area contributed by atoms with Crippen molar-refractivity contribution < 1.29 is 4.79 Å². The molecule has 1 fully saturated rings. The fourth-order valence-corrected chi connectivity index (χ4v) is 2.94. The van der Waals surface area contributed by atoms with Crippen LogP contribution in [-0.4, -0.2) is 42.0 Å². The standard InChI is InChI=1S/C19H20N4O/c1-14-3-4-15(2)17(11-14)19(24)23-9-7-22(8-10-23)18-12-16(13-20)5-6-21-18/h3-6,11-12H,7-10H2,1-2H3. The van der Waals surface area contributed by atoms with Crippen LogP contribution in [0.4, 0.5) is 5.82 Å². The monoisotopic (exact) mass is 320 g/mol.